The summed E-state index contributed by atoms with van der Waals surface area (Å²) in [6.07, 6.45) is 3.58. The number of hydrogen-bond donors (Lipinski definition) is 1. The van der Waals surface area contributed by atoms with Crippen LogP contribution in [0.15, 0.2) is 4.99 Å². The molecule has 7 heteroatoms. The molecule has 3 aliphatic rings. The topological polar surface area (TPSA) is 73.0 Å². The van der Waals surface area contributed by atoms with E-state index in [0.717, 1.165) is 19.3 Å². The Morgan fingerprint density at radius 2 is 2.00 bits per heavy atom. The van der Waals surface area contributed by atoms with Gasteiger partial charge in [-0.3, -0.25) is 0 Å². The predicted octanol–water partition coefficient (Wildman–Crippen LogP) is 0.906. The minimum absolute atomic E-state index is 0.0609. The maximum atomic E-state index is 12.8. The monoisotopic (exact) mass is 342 g/mol. The Hall–Kier alpha value is -0.790. The normalized spacial score (nSPS) is 34.4. The number of hydrogen-bond acceptors (Lipinski definition) is 4. The van der Waals surface area contributed by atoms with Crippen LogP contribution in [0.25, 0.3) is 0 Å². The third-order valence-electron chi connectivity index (χ3n) is 6.16. The van der Waals surface area contributed by atoms with Gasteiger partial charge in [0, 0.05) is 20.0 Å². The molecule has 0 aromatic rings. The molecule has 2 fully saturated rings. The van der Waals surface area contributed by atoms with Crippen molar-refractivity contribution in [1.82, 2.24) is 4.31 Å². The van der Waals surface area contributed by atoms with E-state index in [4.69, 9.17) is 0 Å². The van der Waals surface area contributed by atoms with Crippen molar-refractivity contribution in [3.8, 4) is 0 Å². The van der Waals surface area contributed by atoms with E-state index in [0.29, 0.717) is 24.9 Å². The van der Waals surface area contributed by atoms with Crippen molar-refractivity contribution >= 4 is 21.3 Å². The molecular formula is C16H28N3O3S+. The summed E-state index contributed by atoms with van der Waals surface area (Å²) in [6, 6.07) is 0. The van der Waals surface area contributed by atoms with Gasteiger partial charge in [0.1, 0.15) is 13.3 Å². The summed E-state index contributed by atoms with van der Waals surface area (Å²) >= 11 is 0. The van der Waals surface area contributed by atoms with E-state index >= 15 is 0 Å². The van der Waals surface area contributed by atoms with Crippen molar-refractivity contribution in [2.45, 2.75) is 52.3 Å². The third kappa shape index (κ3) is 2.57. The molecule has 1 spiro atoms. The smallest absolute Gasteiger partial charge is 0.327 e. The Labute approximate surface area is 139 Å². The molecule has 1 saturated heterocycles. The lowest BCUT2D eigenvalue weighted by Gasteiger charge is -2.57. The number of aliphatic hydroxyl groups excluding tert-OH is 1. The van der Waals surface area contributed by atoms with Crippen LogP contribution >= 0.6 is 0 Å². The lowest BCUT2D eigenvalue weighted by molar-refractivity contribution is -0.524. The van der Waals surface area contributed by atoms with Crippen molar-refractivity contribution in [1.29, 1.82) is 0 Å². The molecule has 1 saturated carbocycles. The van der Waals surface area contributed by atoms with Gasteiger partial charge in [-0.25, -0.2) is 13.4 Å². The largest absolute Gasteiger partial charge is 0.392 e. The molecule has 23 heavy (non-hydrogen) atoms. The summed E-state index contributed by atoms with van der Waals surface area (Å²) < 4.78 is 28.9. The second-order valence-corrected chi connectivity index (χ2v) is 9.57. The first-order valence-electron chi connectivity index (χ1n) is 8.50. The Bertz CT molecular complexity index is 645. The highest BCUT2D eigenvalue weighted by Gasteiger charge is 2.55. The molecule has 6 nitrogen and oxygen atoms in total. The van der Waals surface area contributed by atoms with Gasteiger partial charge in [-0.15, -0.1) is 0 Å². The maximum absolute atomic E-state index is 12.8. The van der Waals surface area contributed by atoms with Gasteiger partial charge >= 0.3 is 15.1 Å². The molecule has 1 N–H and O–H groups in total. The van der Waals surface area contributed by atoms with Gasteiger partial charge in [0.25, 0.3) is 0 Å². The Morgan fingerprint density at radius 1 is 1.39 bits per heavy atom. The number of piperidine rings is 1. The van der Waals surface area contributed by atoms with Crippen LogP contribution in [0.3, 0.4) is 0 Å². The Kier molecular flexibility index (Phi) is 4.18. The fourth-order valence-electron chi connectivity index (χ4n) is 4.20. The quantitative estimate of drug-likeness (QED) is 0.758. The van der Waals surface area contributed by atoms with Crippen molar-refractivity contribution < 1.29 is 18.1 Å². The van der Waals surface area contributed by atoms with Crippen LogP contribution in [-0.2, 0) is 10.0 Å². The van der Waals surface area contributed by atoms with Crippen LogP contribution in [-0.4, -0.2) is 66.1 Å². The van der Waals surface area contributed by atoms with Crippen LogP contribution in [0.1, 0.15) is 40.0 Å². The van der Waals surface area contributed by atoms with Gasteiger partial charge in [0.05, 0.1) is 6.10 Å². The van der Waals surface area contributed by atoms with Crippen LogP contribution in [0.2, 0.25) is 0 Å². The minimum Gasteiger partial charge on any atom is -0.392 e. The van der Waals surface area contributed by atoms with E-state index in [1.807, 2.05) is 6.92 Å². The Balaban J connectivity index is 1.70. The predicted molar refractivity (Wildman–Crippen MR) is 90.3 cm³/mol. The highest BCUT2D eigenvalue weighted by atomic mass is 32.2. The summed E-state index contributed by atoms with van der Waals surface area (Å²) in [4.78, 5) is 4.18. The number of nitrogens with zero attached hydrogens (tertiary/aromatic N) is 3. The van der Waals surface area contributed by atoms with Gasteiger partial charge in [-0.05, 0) is 36.5 Å². The summed E-state index contributed by atoms with van der Waals surface area (Å²) in [5.74, 6) is 0.847. The van der Waals surface area contributed by atoms with E-state index in [2.05, 4.69) is 18.8 Å². The molecule has 0 amide bonds. The summed E-state index contributed by atoms with van der Waals surface area (Å²) in [5.41, 5.74) is -0.0609. The number of rotatable bonds is 2. The summed E-state index contributed by atoms with van der Waals surface area (Å²) in [7, 11) is -1.72. The zero-order valence-electron chi connectivity index (χ0n) is 14.4. The average Bonchev–Trinajstić information content (AvgIpc) is 2.85. The van der Waals surface area contributed by atoms with E-state index < -0.39 is 10.0 Å². The first kappa shape index (κ1) is 17.0. The third-order valence-corrected chi connectivity index (χ3v) is 8.13. The van der Waals surface area contributed by atoms with E-state index in [9.17, 15) is 13.5 Å². The highest BCUT2D eigenvalue weighted by molar-refractivity contribution is 8.05. The lowest BCUT2D eigenvalue weighted by atomic mass is 9.53. The zero-order valence-corrected chi connectivity index (χ0v) is 15.3. The van der Waals surface area contributed by atoms with Crippen molar-refractivity contribution in [2.24, 2.45) is 22.2 Å². The molecular weight excluding hydrogens is 314 g/mol. The summed E-state index contributed by atoms with van der Waals surface area (Å²) in [6.45, 7) is 7.15. The van der Waals surface area contributed by atoms with Crippen molar-refractivity contribution in [3.05, 3.63) is 0 Å². The Morgan fingerprint density at radius 3 is 2.43 bits per heavy atom. The van der Waals surface area contributed by atoms with E-state index in [1.165, 1.54) is 6.21 Å². The van der Waals surface area contributed by atoms with Crippen molar-refractivity contribution in [3.63, 3.8) is 0 Å². The summed E-state index contributed by atoms with van der Waals surface area (Å²) in [5, 5.41) is 10.8. The number of aliphatic imine (C=N–C) groups is 1. The minimum atomic E-state index is -3.48. The van der Waals surface area contributed by atoms with E-state index in [-0.39, 0.29) is 22.7 Å². The molecule has 0 bridgehead atoms. The molecule has 3 unspecified atom stereocenters. The standard InChI is InChI=1S/C16H28N3O3S/c1-11(2)13-9-16(15(13)20)5-7-19(8-6-16)23(21,22)14-10-17-12(3)18(14)4/h10-13,15,20H,5-9H2,1-4H3/q+1. The van der Waals surface area contributed by atoms with Crippen LogP contribution < -0.4 is 0 Å². The molecule has 130 valence electrons. The first-order valence-corrected chi connectivity index (χ1v) is 9.94. The number of sulfonamides is 1. The van der Waals surface area contributed by atoms with Crippen LogP contribution in [0.4, 0.5) is 0 Å². The average molecular weight is 342 g/mol. The van der Waals surface area contributed by atoms with Gasteiger partial charge in [0.2, 0.25) is 6.17 Å². The van der Waals surface area contributed by atoms with Gasteiger partial charge in [0.15, 0.2) is 0 Å². The molecule has 0 radical (unpaired) electrons. The van der Waals surface area contributed by atoms with Gasteiger partial charge < -0.3 is 5.11 Å². The highest BCUT2D eigenvalue weighted by Crippen LogP contribution is 2.55. The molecule has 3 atom stereocenters. The van der Waals surface area contributed by atoms with Gasteiger partial charge in [-0.2, -0.15) is 8.88 Å². The molecule has 2 heterocycles. The SMILES string of the molecule is CC(C)C1CC2(CCN(S(=O)(=O)C3=[N+](C)C(C)N=C3)CC2)C1O. The van der Waals surface area contributed by atoms with Crippen molar-refractivity contribution in [2.75, 3.05) is 20.1 Å². The van der Waals surface area contributed by atoms with Gasteiger partial charge in [-0.1, -0.05) is 13.8 Å². The molecule has 3 rings (SSSR count). The zero-order chi connectivity index (χ0) is 17.0. The fourth-order valence-corrected chi connectivity index (χ4v) is 5.83. The maximum Gasteiger partial charge on any atom is 0.327 e. The molecule has 0 aromatic carbocycles. The fraction of sp³-hybridized carbons (Fsp3) is 0.875. The van der Waals surface area contributed by atoms with Crippen LogP contribution in [0, 0.1) is 17.3 Å². The van der Waals surface area contributed by atoms with E-state index in [1.54, 1.807) is 15.9 Å². The molecule has 2 aliphatic heterocycles. The molecule has 1 aliphatic carbocycles. The molecule has 0 aromatic heterocycles. The first-order chi connectivity index (χ1) is 10.7. The van der Waals surface area contributed by atoms with Crippen LogP contribution in [0.5, 0.6) is 0 Å². The lowest BCUT2D eigenvalue weighted by Crippen LogP contribution is -2.59. The second-order valence-electron chi connectivity index (χ2n) is 7.68. The number of aliphatic hydroxyl groups is 1. The second kappa shape index (κ2) is 5.63.